The summed E-state index contributed by atoms with van der Waals surface area (Å²) in [4.78, 5) is 0. The highest BCUT2D eigenvalue weighted by Gasteiger charge is 2.10. The second kappa shape index (κ2) is 9.27. The van der Waals surface area contributed by atoms with Crippen LogP contribution in [0.15, 0.2) is 79.4 Å². The summed E-state index contributed by atoms with van der Waals surface area (Å²) < 4.78 is 26.9. The normalized spacial score (nSPS) is 10.7. The third-order valence-corrected chi connectivity index (χ3v) is 4.80. The summed E-state index contributed by atoms with van der Waals surface area (Å²) in [5, 5.41) is 0. The van der Waals surface area contributed by atoms with Gasteiger partial charge < -0.3 is 0 Å². The smallest absolute Gasteiger partial charge is 0.159 e. The zero-order valence-electron chi connectivity index (χ0n) is 15.4. The molecule has 0 aromatic heterocycles. The zero-order chi connectivity index (χ0) is 19.1. The van der Waals surface area contributed by atoms with E-state index in [2.05, 4.69) is 30.8 Å². The molecule has 0 aliphatic rings. The van der Waals surface area contributed by atoms with E-state index in [1.54, 1.807) is 6.07 Å². The number of aryl methyl sites for hydroxylation is 1. The number of hydrogen-bond donors (Lipinski definition) is 0. The van der Waals surface area contributed by atoms with Gasteiger partial charge in [0.1, 0.15) is 0 Å². The van der Waals surface area contributed by atoms with Crippen molar-refractivity contribution in [2.75, 3.05) is 0 Å². The maximum atomic E-state index is 13.7. The summed E-state index contributed by atoms with van der Waals surface area (Å²) in [6, 6.07) is 20.4. The Bertz CT molecular complexity index is 894. The van der Waals surface area contributed by atoms with Crippen LogP contribution < -0.4 is 0 Å². The molecule has 0 spiro atoms. The number of unbranched alkanes of at least 4 members (excludes halogenated alkanes) is 3. The minimum atomic E-state index is -0.825. The molecule has 0 amide bonds. The highest BCUT2D eigenvalue weighted by Crippen LogP contribution is 2.32. The maximum Gasteiger partial charge on any atom is 0.159 e. The first-order valence-electron chi connectivity index (χ1n) is 9.43. The molecule has 0 fully saturated rings. The van der Waals surface area contributed by atoms with Crippen LogP contribution in [-0.4, -0.2) is 0 Å². The summed E-state index contributed by atoms with van der Waals surface area (Å²) in [7, 11) is 0. The van der Waals surface area contributed by atoms with E-state index in [9.17, 15) is 8.78 Å². The van der Waals surface area contributed by atoms with Gasteiger partial charge in [0.05, 0.1) is 0 Å². The second-order valence-corrected chi connectivity index (χ2v) is 6.76. The van der Waals surface area contributed by atoms with Crippen LogP contribution in [0.2, 0.25) is 0 Å². The zero-order valence-corrected chi connectivity index (χ0v) is 15.4. The Morgan fingerprint density at radius 2 is 1.37 bits per heavy atom. The summed E-state index contributed by atoms with van der Waals surface area (Å²) in [6.45, 7) is 3.75. The molecule has 0 saturated carbocycles. The Morgan fingerprint density at radius 3 is 2.04 bits per heavy atom. The van der Waals surface area contributed by atoms with Crippen LogP contribution in [0.5, 0.6) is 0 Å². The fraction of sp³-hybridized carbons (Fsp3) is 0.200. The second-order valence-electron chi connectivity index (χ2n) is 6.76. The van der Waals surface area contributed by atoms with Crippen molar-refractivity contribution >= 4 is 0 Å². The van der Waals surface area contributed by atoms with Crippen LogP contribution in [0.4, 0.5) is 8.78 Å². The predicted octanol–water partition coefficient (Wildman–Crippen LogP) is 7.59. The Morgan fingerprint density at radius 1 is 0.704 bits per heavy atom. The number of rotatable bonds is 8. The molecule has 3 aromatic carbocycles. The van der Waals surface area contributed by atoms with Gasteiger partial charge in [0.25, 0.3) is 0 Å². The van der Waals surface area contributed by atoms with E-state index in [1.165, 1.54) is 37.0 Å². The van der Waals surface area contributed by atoms with E-state index in [0.29, 0.717) is 5.56 Å². The van der Waals surface area contributed by atoms with Gasteiger partial charge in [-0.3, -0.25) is 0 Å². The Labute approximate surface area is 160 Å². The number of benzene rings is 3. The van der Waals surface area contributed by atoms with Crippen molar-refractivity contribution in [1.29, 1.82) is 0 Å². The van der Waals surface area contributed by atoms with Gasteiger partial charge in [-0.25, -0.2) is 8.78 Å². The van der Waals surface area contributed by atoms with E-state index in [1.807, 2.05) is 30.3 Å². The number of hydrogen-bond acceptors (Lipinski definition) is 0. The molecule has 3 aromatic rings. The first-order valence-corrected chi connectivity index (χ1v) is 9.43. The average Bonchev–Trinajstić information content (AvgIpc) is 2.70. The van der Waals surface area contributed by atoms with Crippen LogP contribution >= 0.6 is 0 Å². The molecular weight excluding hydrogens is 338 g/mol. The van der Waals surface area contributed by atoms with Crippen LogP contribution in [0.1, 0.15) is 31.2 Å². The average molecular weight is 362 g/mol. The van der Waals surface area contributed by atoms with Gasteiger partial charge in [0, 0.05) is 0 Å². The molecule has 0 aliphatic heterocycles. The van der Waals surface area contributed by atoms with Crippen LogP contribution in [0.25, 0.3) is 22.3 Å². The van der Waals surface area contributed by atoms with Crippen molar-refractivity contribution in [2.24, 2.45) is 0 Å². The Balaban J connectivity index is 1.78. The number of halogens is 2. The quantitative estimate of drug-likeness (QED) is 0.286. The highest BCUT2D eigenvalue weighted by molar-refractivity contribution is 5.83. The van der Waals surface area contributed by atoms with Crippen molar-refractivity contribution in [3.05, 3.63) is 96.6 Å². The summed E-state index contributed by atoms with van der Waals surface area (Å²) in [5.74, 6) is -1.65. The van der Waals surface area contributed by atoms with E-state index in [0.717, 1.165) is 29.5 Å². The molecule has 0 bridgehead atoms. The van der Waals surface area contributed by atoms with E-state index in [-0.39, 0.29) is 0 Å². The first-order chi connectivity index (χ1) is 13.2. The lowest BCUT2D eigenvalue weighted by molar-refractivity contribution is 0.509. The fourth-order valence-electron chi connectivity index (χ4n) is 3.30. The van der Waals surface area contributed by atoms with Gasteiger partial charge in [-0.15, -0.1) is 6.58 Å². The third kappa shape index (κ3) is 4.91. The van der Waals surface area contributed by atoms with Crippen molar-refractivity contribution in [2.45, 2.75) is 32.1 Å². The Hall–Kier alpha value is -2.74. The lowest BCUT2D eigenvalue weighted by Crippen LogP contribution is -1.90. The van der Waals surface area contributed by atoms with Crippen LogP contribution in [0.3, 0.4) is 0 Å². The highest BCUT2D eigenvalue weighted by atomic mass is 19.2. The summed E-state index contributed by atoms with van der Waals surface area (Å²) in [5.41, 5.74) is 4.99. The third-order valence-electron chi connectivity index (χ3n) is 4.80. The van der Waals surface area contributed by atoms with Crippen LogP contribution in [0, 0.1) is 11.6 Å². The lowest BCUT2D eigenvalue weighted by atomic mass is 9.93. The SMILES string of the molecule is C=CCCCCCc1ccc(-c2ccccc2-c2ccc(F)c(F)c2)cc1. The van der Waals surface area contributed by atoms with E-state index < -0.39 is 11.6 Å². The molecule has 0 saturated heterocycles. The molecule has 0 unspecified atom stereocenters. The topological polar surface area (TPSA) is 0 Å². The molecule has 0 nitrogen and oxygen atoms in total. The van der Waals surface area contributed by atoms with Gasteiger partial charge in [-0.2, -0.15) is 0 Å². The molecule has 138 valence electrons. The largest absolute Gasteiger partial charge is 0.204 e. The minimum absolute atomic E-state index is 0.677. The molecule has 0 N–H and O–H groups in total. The van der Waals surface area contributed by atoms with Gasteiger partial charge in [0.15, 0.2) is 11.6 Å². The molecule has 0 aliphatic carbocycles. The maximum absolute atomic E-state index is 13.7. The van der Waals surface area contributed by atoms with Gasteiger partial charge in [0.2, 0.25) is 0 Å². The van der Waals surface area contributed by atoms with Crippen molar-refractivity contribution in [3.8, 4) is 22.3 Å². The van der Waals surface area contributed by atoms with Gasteiger partial charge >= 0.3 is 0 Å². The predicted molar refractivity (Wildman–Crippen MR) is 110 cm³/mol. The van der Waals surface area contributed by atoms with Crippen molar-refractivity contribution in [1.82, 2.24) is 0 Å². The van der Waals surface area contributed by atoms with E-state index in [4.69, 9.17) is 0 Å². The first kappa shape index (κ1) is 19.0. The van der Waals surface area contributed by atoms with Crippen LogP contribution in [-0.2, 0) is 6.42 Å². The van der Waals surface area contributed by atoms with Crippen molar-refractivity contribution in [3.63, 3.8) is 0 Å². The summed E-state index contributed by atoms with van der Waals surface area (Å²) >= 11 is 0. The van der Waals surface area contributed by atoms with E-state index >= 15 is 0 Å². The minimum Gasteiger partial charge on any atom is -0.204 e. The fourth-order valence-corrected chi connectivity index (χ4v) is 3.30. The van der Waals surface area contributed by atoms with Gasteiger partial charge in [-0.1, -0.05) is 67.1 Å². The molecule has 27 heavy (non-hydrogen) atoms. The molecular formula is C25H24F2. The standard InChI is InChI=1S/C25H24F2/c1-2-3-4-5-6-9-19-12-14-20(15-13-19)22-10-7-8-11-23(22)21-16-17-24(26)25(27)18-21/h2,7-8,10-18H,1,3-6,9H2. The summed E-state index contributed by atoms with van der Waals surface area (Å²) in [6.07, 6.45) is 7.72. The molecule has 0 heterocycles. The van der Waals surface area contributed by atoms with Gasteiger partial charge in [-0.05, 0) is 65.6 Å². The molecule has 3 rings (SSSR count). The monoisotopic (exact) mass is 362 g/mol. The molecule has 0 radical (unpaired) electrons. The van der Waals surface area contributed by atoms with Crippen molar-refractivity contribution < 1.29 is 8.78 Å². The lowest BCUT2D eigenvalue weighted by Gasteiger charge is -2.11. The Kier molecular flexibility index (Phi) is 6.54. The molecule has 0 atom stereocenters. The molecule has 2 heteroatoms. The number of allylic oxidation sites excluding steroid dienone is 1.